The van der Waals surface area contributed by atoms with Gasteiger partial charge in [-0.15, -0.1) is 0 Å². The Kier molecular flexibility index (Phi) is 8.09. The van der Waals surface area contributed by atoms with Crippen molar-refractivity contribution in [2.45, 2.75) is 82.2 Å². The van der Waals surface area contributed by atoms with Gasteiger partial charge >= 0.3 is 0 Å². The van der Waals surface area contributed by atoms with E-state index in [4.69, 9.17) is 11.5 Å². The number of alkyl halides is 1. The van der Waals surface area contributed by atoms with Crippen LogP contribution in [-0.4, -0.2) is 75.0 Å². The first-order chi connectivity index (χ1) is 15.4. The van der Waals surface area contributed by atoms with Crippen LogP contribution in [0.5, 0.6) is 0 Å². The average Bonchev–Trinajstić information content (AvgIpc) is 2.73. The number of carbonyl (C=O) groups excluding carboxylic acids is 1. The standard InChI is InChI=1S/C24H45FN6O/c1-31-11-5-16(6-12-31)18-4-10-28-15-20(18)30-23(32)21(22(26)27)19-13-24(7-2-8-24)9-3-17(25)14-29-19/h16-22,28-29H,2-15,26-27H2,1H3,(H,30,32). The number of piperidine rings is 2. The summed E-state index contributed by atoms with van der Waals surface area (Å²) in [5, 5.41) is 10.2. The summed E-state index contributed by atoms with van der Waals surface area (Å²) in [6.07, 6.45) is 7.66. The van der Waals surface area contributed by atoms with E-state index in [1.54, 1.807) is 0 Å². The molecule has 7 nitrogen and oxygen atoms in total. The maximum absolute atomic E-state index is 14.4. The molecule has 0 aromatic rings. The van der Waals surface area contributed by atoms with Crippen LogP contribution in [0.3, 0.4) is 0 Å². The van der Waals surface area contributed by atoms with Gasteiger partial charge in [0, 0.05) is 25.2 Å². The van der Waals surface area contributed by atoms with Gasteiger partial charge in [0.25, 0.3) is 0 Å². The zero-order chi connectivity index (χ0) is 22.7. The molecule has 3 saturated heterocycles. The van der Waals surface area contributed by atoms with E-state index in [0.717, 1.165) is 58.3 Å². The van der Waals surface area contributed by atoms with Crippen molar-refractivity contribution in [3.8, 4) is 0 Å². The van der Waals surface area contributed by atoms with Crippen molar-refractivity contribution in [1.82, 2.24) is 20.9 Å². The van der Waals surface area contributed by atoms with E-state index in [1.165, 1.54) is 19.3 Å². The second-order valence-electron chi connectivity index (χ2n) is 11.2. The van der Waals surface area contributed by atoms with Crippen LogP contribution < -0.4 is 27.4 Å². The van der Waals surface area contributed by atoms with Crippen LogP contribution in [0.25, 0.3) is 0 Å². The summed E-state index contributed by atoms with van der Waals surface area (Å²) in [6.45, 7) is 4.34. The Balaban J connectivity index is 1.44. The number of amides is 1. The third-order valence-electron chi connectivity index (χ3n) is 9.04. The van der Waals surface area contributed by atoms with E-state index < -0.39 is 18.3 Å². The molecule has 3 aliphatic heterocycles. The summed E-state index contributed by atoms with van der Waals surface area (Å²) >= 11 is 0. The monoisotopic (exact) mass is 452 g/mol. The summed E-state index contributed by atoms with van der Waals surface area (Å²) in [6, 6.07) is -0.0711. The first kappa shape index (κ1) is 24.3. The van der Waals surface area contributed by atoms with E-state index in [1.807, 2.05) is 0 Å². The normalized spacial score (nSPS) is 35.7. The fourth-order valence-electron chi connectivity index (χ4n) is 6.83. The number of nitrogens with two attached hydrogens (primary N) is 2. The van der Waals surface area contributed by atoms with Gasteiger partial charge < -0.3 is 32.3 Å². The SMILES string of the molecule is CN1CCC(C2CCNCC2NC(=O)C(C(N)N)C2CC3(CCC3)CCC(F)CN2)CC1. The summed E-state index contributed by atoms with van der Waals surface area (Å²) in [5.74, 6) is 0.531. The molecule has 4 aliphatic rings. The molecule has 184 valence electrons. The lowest BCUT2D eigenvalue weighted by Gasteiger charge is -2.48. The van der Waals surface area contributed by atoms with Gasteiger partial charge in [-0.2, -0.15) is 0 Å². The molecule has 0 bridgehead atoms. The molecule has 5 unspecified atom stereocenters. The number of hydrogen-bond acceptors (Lipinski definition) is 6. The summed E-state index contributed by atoms with van der Waals surface area (Å²) in [4.78, 5) is 16.0. The highest BCUT2D eigenvalue weighted by atomic mass is 19.1. The number of halogens is 1. The molecule has 1 aliphatic carbocycles. The highest BCUT2D eigenvalue weighted by Gasteiger charge is 2.45. The summed E-state index contributed by atoms with van der Waals surface area (Å²) in [7, 11) is 2.18. The molecule has 0 radical (unpaired) electrons. The van der Waals surface area contributed by atoms with Crippen molar-refractivity contribution in [1.29, 1.82) is 0 Å². The van der Waals surface area contributed by atoms with Gasteiger partial charge in [-0.25, -0.2) is 4.39 Å². The molecule has 5 atom stereocenters. The fourth-order valence-corrected chi connectivity index (χ4v) is 6.83. The lowest BCUT2D eigenvalue weighted by molar-refractivity contribution is -0.129. The van der Waals surface area contributed by atoms with Crippen LogP contribution in [0.15, 0.2) is 0 Å². The quantitative estimate of drug-likeness (QED) is 0.397. The van der Waals surface area contributed by atoms with Crippen LogP contribution >= 0.6 is 0 Å². The Morgan fingerprint density at radius 2 is 1.88 bits per heavy atom. The zero-order valence-electron chi connectivity index (χ0n) is 19.8. The number of carbonyl (C=O) groups is 1. The molecule has 8 heteroatoms. The van der Waals surface area contributed by atoms with Gasteiger partial charge in [0.2, 0.25) is 5.91 Å². The Morgan fingerprint density at radius 3 is 2.53 bits per heavy atom. The molecule has 7 N–H and O–H groups in total. The molecular weight excluding hydrogens is 407 g/mol. The molecule has 4 rings (SSSR count). The molecule has 0 aromatic heterocycles. The highest BCUT2D eigenvalue weighted by Crippen LogP contribution is 2.50. The van der Waals surface area contributed by atoms with E-state index in [0.29, 0.717) is 18.3 Å². The van der Waals surface area contributed by atoms with Crippen molar-refractivity contribution < 1.29 is 9.18 Å². The van der Waals surface area contributed by atoms with E-state index in [2.05, 4.69) is 27.9 Å². The molecule has 1 spiro atoms. The van der Waals surface area contributed by atoms with Crippen LogP contribution in [0.1, 0.15) is 57.8 Å². The van der Waals surface area contributed by atoms with Crippen molar-refractivity contribution in [3.05, 3.63) is 0 Å². The van der Waals surface area contributed by atoms with Gasteiger partial charge in [0.05, 0.1) is 12.1 Å². The Morgan fingerprint density at radius 1 is 1.12 bits per heavy atom. The van der Waals surface area contributed by atoms with Gasteiger partial charge in [0.1, 0.15) is 6.17 Å². The van der Waals surface area contributed by atoms with E-state index >= 15 is 0 Å². The zero-order valence-corrected chi connectivity index (χ0v) is 19.8. The largest absolute Gasteiger partial charge is 0.351 e. The van der Waals surface area contributed by atoms with Crippen molar-refractivity contribution >= 4 is 5.91 Å². The Hall–Kier alpha value is -0.800. The Bertz CT molecular complexity index is 622. The third-order valence-corrected chi connectivity index (χ3v) is 9.04. The number of hydrogen-bond donors (Lipinski definition) is 5. The molecule has 4 fully saturated rings. The first-order valence-corrected chi connectivity index (χ1v) is 13.0. The lowest BCUT2D eigenvalue weighted by Crippen LogP contribution is -2.62. The average molecular weight is 453 g/mol. The first-order valence-electron chi connectivity index (χ1n) is 13.0. The molecule has 1 saturated carbocycles. The fraction of sp³-hybridized carbons (Fsp3) is 0.958. The third kappa shape index (κ3) is 5.63. The molecular formula is C24H45FN6O. The topological polar surface area (TPSA) is 108 Å². The number of likely N-dealkylation sites (tertiary alicyclic amines) is 1. The molecule has 0 aromatic carbocycles. The number of rotatable bonds is 5. The van der Waals surface area contributed by atoms with Crippen LogP contribution in [0.2, 0.25) is 0 Å². The summed E-state index contributed by atoms with van der Waals surface area (Å²) in [5.41, 5.74) is 12.6. The maximum atomic E-state index is 14.4. The maximum Gasteiger partial charge on any atom is 0.227 e. The van der Waals surface area contributed by atoms with Crippen molar-refractivity contribution in [3.63, 3.8) is 0 Å². The lowest BCUT2D eigenvalue weighted by atomic mass is 9.61. The number of nitrogens with one attached hydrogen (secondary N) is 3. The van der Waals surface area contributed by atoms with Gasteiger partial charge in [-0.05, 0) is 95.3 Å². The van der Waals surface area contributed by atoms with Crippen molar-refractivity contribution in [2.75, 3.05) is 39.8 Å². The van der Waals surface area contributed by atoms with E-state index in [-0.39, 0.29) is 30.0 Å². The van der Waals surface area contributed by atoms with Gasteiger partial charge in [0.15, 0.2) is 0 Å². The molecule has 32 heavy (non-hydrogen) atoms. The predicted molar refractivity (Wildman–Crippen MR) is 126 cm³/mol. The smallest absolute Gasteiger partial charge is 0.227 e. The van der Waals surface area contributed by atoms with Crippen LogP contribution in [-0.2, 0) is 4.79 Å². The van der Waals surface area contributed by atoms with Gasteiger partial charge in [-0.1, -0.05) is 6.42 Å². The minimum atomic E-state index is -0.871. The van der Waals surface area contributed by atoms with Crippen LogP contribution in [0.4, 0.5) is 4.39 Å². The Labute approximate surface area is 193 Å². The summed E-state index contributed by atoms with van der Waals surface area (Å²) < 4.78 is 14.4. The second kappa shape index (κ2) is 10.6. The van der Waals surface area contributed by atoms with E-state index in [9.17, 15) is 9.18 Å². The van der Waals surface area contributed by atoms with Crippen LogP contribution in [0, 0.1) is 23.2 Å². The second-order valence-corrected chi connectivity index (χ2v) is 11.2. The van der Waals surface area contributed by atoms with Gasteiger partial charge in [-0.3, -0.25) is 4.79 Å². The van der Waals surface area contributed by atoms with Crippen molar-refractivity contribution in [2.24, 2.45) is 34.6 Å². The molecule has 3 heterocycles. The molecule has 1 amide bonds. The predicted octanol–water partition coefficient (Wildman–Crippen LogP) is 0.933. The number of nitrogens with zero attached hydrogens (tertiary/aromatic N) is 1. The minimum absolute atomic E-state index is 0.0606. The minimum Gasteiger partial charge on any atom is -0.351 e. The highest BCUT2D eigenvalue weighted by molar-refractivity contribution is 5.80.